The number of nitro benzene ring substituents is 2. The third kappa shape index (κ3) is 4.24. The number of para-hydroxylation sites is 1. The van der Waals surface area contributed by atoms with Crippen LogP contribution in [0.25, 0.3) is 16.2 Å². The molecule has 0 aliphatic carbocycles. The Labute approximate surface area is 161 Å². The van der Waals surface area contributed by atoms with E-state index in [4.69, 9.17) is 0 Å². The maximum Gasteiger partial charge on any atom is 0.281 e. The first-order chi connectivity index (χ1) is 13.5. The van der Waals surface area contributed by atoms with Crippen molar-refractivity contribution in [1.29, 1.82) is 0 Å². The Morgan fingerprint density at radius 2 is 1.86 bits per heavy atom. The van der Waals surface area contributed by atoms with E-state index in [2.05, 4.69) is 10.5 Å². The van der Waals surface area contributed by atoms with E-state index in [9.17, 15) is 25.0 Å². The van der Waals surface area contributed by atoms with Gasteiger partial charge in [-0.3, -0.25) is 25.0 Å². The molecule has 28 heavy (non-hydrogen) atoms. The molecule has 0 atom stereocenters. The molecular formula is C18H12N4O5S. The van der Waals surface area contributed by atoms with Crippen LogP contribution in [0.2, 0.25) is 0 Å². The number of amides is 1. The maximum atomic E-state index is 12.1. The molecule has 9 nitrogen and oxygen atoms in total. The molecule has 1 N–H and O–H groups in total. The molecule has 0 aliphatic heterocycles. The van der Waals surface area contributed by atoms with Crippen LogP contribution in [-0.2, 0) is 0 Å². The van der Waals surface area contributed by atoms with Gasteiger partial charge in [0.1, 0.15) is 0 Å². The number of benzene rings is 2. The van der Waals surface area contributed by atoms with E-state index in [1.807, 2.05) is 0 Å². The molecule has 1 amide bonds. The fourth-order valence-electron chi connectivity index (χ4n) is 2.39. The van der Waals surface area contributed by atoms with Crippen LogP contribution < -0.4 is 5.43 Å². The first-order valence-electron chi connectivity index (χ1n) is 7.87. The van der Waals surface area contributed by atoms with Crippen molar-refractivity contribution in [3.8, 4) is 0 Å². The molecule has 0 aliphatic rings. The van der Waals surface area contributed by atoms with Crippen molar-refractivity contribution in [2.75, 3.05) is 0 Å². The number of non-ortho nitro benzene ring substituents is 1. The van der Waals surface area contributed by atoms with Gasteiger partial charge in [0, 0.05) is 34.5 Å². The van der Waals surface area contributed by atoms with Gasteiger partial charge in [0.2, 0.25) is 0 Å². The number of nitro groups is 2. The molecule has 0 saturated heterocycles. The van der Waals surface area contributed by atoms with E-state index in [1.165, 1.54) is 47.9 Å². The summed E-state index contributed by atoms with van der Waals surface area (Å²) in [6.45, 7) is 0. The van der Waals surface area contributed by atoms with Gasteiger partial charge >= 0.3 is 0 Å². The summed E-state index contributed by atoms with van der Waals surface area (Å²) >= 11 is 1.19. The Kier molecular flexibility index (Phi) is 5.51. The molecule has 0 spiro atoms. The number of nitrogens with one attached hydrogen (secondary N) is 1. The number of allylic oxidation sites excluding steroid dienone is 1. The van der Waals surface area contributed by atoms with Crippen molar-refractivity contribution >= 4 is 51.0 Å². The van der Waals surface area contributed by atoms with Crippen molar-refractivity contribution in [2.24, 2.45) is 5.10 Å². The molecule has 1 aromatic heterocycles. The largest absolute Gasteiger partial charge is 0.281 e. The predicted octanol–water partition coefficient (Wildman–Crippen LogP) is 4.15. The number of hydrogen-bond acceptors (Lipinski definition) is 7. The Bertz CT molecular complexity index is 1140. The Hall–Kier alpha value is -3.92. The van der Waals surface area contributed by atoms with Gasteiger partial charge in [0.15, 0.2) is 0 Å². The number of carbonyl (C=O) groups is 1. The summed E-state index contributed by atoms with van der Waals surface area (Å²) in [5.41, 5.74) is 2.68. The van der Waals surface area contributed by atoms with Crippen LogP contribution in [0.5, 0.6) is 0 Å². The Morgan fingerprint density at radius 1 is 1.07 bits per heavy atom. The van der Waals surface area contributed by atoms with Crippen LogP contribution in [0.3, 0.4) is 0 Å². The van der Waals surface area contributed by atoms with Gasteiger partial charge in [0.25, 0.3) is 17.3 Å². The minimum Gasteiger partial charge on any atom is -0.266 e. The fraction of sp³-hybridized carbons (Fsp3) is 0. The van der Waals surface area contributed by atoms with E-state index in [-0.39, 0.29) is 11.4 Å². The second kappa shape index (κ2) is 8.18. The number of hydrazone groups is 1. The lowest BCUT2D eigenvalue weighted by Crippen LogP contribution is -2.15. The molecule has 0 radical (unpaired) electrons. The zero-order chi connectivity index (χ0) is 20.1. The predicted molar refractivity (Wildman–Crippen MR) is 107 cm³/mol. The summed E-state index contributed by atoms with van der Waals surface area (Å²) in [6, 6.07) is 12.2. The van der Waals surface area contributed by atoms with E-state index >= 15 is 0 Å². The molecule has 3 rings (SSSR count). The van der Waals surface area contributed by atoms with Crippen LogP contribution in [-0.4, -0.2) is 22.0 Å². The van der Waals surface area contributed by atoms with E-state index in [0.29, 0.717) is 15.8 Å². The lowest BCUT2D eigenvalue weighted by atomic mass is 10.2. The van der Waals surface area contributed by atoms with Crippen molar-refractivity contribution in [3.63, 3.8) is 0 Å². The monoisotopic (exact) mass is 396 g/mol. The summed E-state index contributed by atoms with van der Waals surface area (Å²) in [7, 11) is 0. The van der Waals surface area contributed by atoms with Gasteiger partial charge in [-0.1, -0.05) is 12.1 Å². The highest BCUT2D eigenvalue weighted by atomic mass is 32.1. The van der Waals surface area contributed by atoms with Crippen molar-refractivity contribution in [3.05, 3.63) is 85.3 Å². The number of rotatable bonds is 6. The molecule has 1 heterocycles. The number of hydrogen-bond donors (Lipinski definition) is 1. The summed E-state index contributed by atoms with van der Waals surface area (Å²) in [5, 5.41) is 26.1. The molecule has 140 valence electrons. The Morgan fingerprint density at radius 3 is 2.61 bits per heavy atom. The third-order valence-electron chi connectivity index (χ3n) is 3.67. The van der Waals surface area contributed by atoms with Crippen LogP contribution in [0.1, 0.15) is 15.2 Å². The average molecular weight is 396 g/mol. The van der Waals surface area contributed by atoms with Gasteiger partial charge in [-0.25, -0.2) is 5.43 Å². The van der Waals surface area contributed by atoms with Gasteiger partial charge in [0.05, 0.1) is 20.3 Å². The molecule has 0 fully saturated rings. The van der Waals surface area contributed by atoms with Crippen LogP contribution in [0.4, 0.5) is 11.4 Å². The van der Waals surface area contributed by atoms with Gasteiger partial charge in [-0.15, -0.1) is 11.3 Å². The fourth-order valence-corrected chi connectivity index (χ4v) is 3.32. The second-order valence-electron chi connectivity index (χ2n) is 5.48. The highest BCUT2D eigenvalue weighted by molar-refractivity contribution is 7.20. The molecule has 0 saturated carbocycles. The van der Waals surface area contributed by atoms with Crippen LogP contribution >= 0.6 is 11.3 Å². The average Bonchev–Trinajstić information content (AvgIpc) is 3.11. The van der Waals surface area contributed by atoms with E-state index in [0.717, 1.165) is 4.70 Å². The van der Waals surface area contributed by atoms with Crippen molar-refractivity contribution in [2.45, 2.75) is 0 Å². The molecule has 2 aromatic carbocycles. The molecule has 0 unspecified atom stereocenters. The minimum atomic E-state index is -0.495. The first kappa shape index (κ1) is 18.9. The minimum absolute atomic E-state index is 0.0319. The lowest BCUT2D eigenvalue weighted by Gasteiger charge is -1.95. The maximum absolute atomic E-state index is 12.1. The van der Waals surface area contributed by atoms with Gasteiger partial charge < -0.3 is 0 Å². The Balaban J connectivity index is 1.66. The second-order valence-corrected chi connectivity index (χ2v) is 6.57. The lowest BCUT2D eigenvalue weighted by molar-refractivity contribution is -0.385. The number of thiophene rings is 1. The first-order valence-corrected chi connectivity index (χ1v) is 8.69. The zero-order valence-corrected chi connectivity index (χ0v) is 15.0. The standard InChI is InChI=1S/C18H12N4O5S/c23-18(17-11-13-10-14(21(24)25)7-8-16(13)28-17)20-19-9-3-5-12-4-1-2-6-15(12)22(26)27/h1-11H,(H,20,23)/b5-3+,19-9-. The number of fused-ring (bicyclic) bond motifs is 1. The summed E-state index contributed by atoms with van der Waals surface area (Å²) in [5.74, 6) is -0.459. The quantitative estimate of drug-likeness (QED) is 0.380. The number of carbonyl (C=O) groups excluding carboxylic acids is 1. The third-order valence-corrected chi connectivity index (χ3v) is 4.79. The smallest absolute Gasteiger partial charge is 0.266 e. The SMILES string of the molecule is O=C(N/N=C\C=C\c1ccccc1[N+](=O)[O-])c1cc2cc([N+](=O)[O-])ccc2s1. The highest BCUT2D eigenvalue weighted by Crippen LogP contribution is 2.28. The normalized spacial score (nSPS) is 11.3. The summed E-state index contributed by atoms with van der Waals surface area (Å²) in [6.07, 6.45) is 4.27. The zero-order valence-electron chi connectivity index (χ0n) is 14.1. The topological polar surface area (TPSA) is 128 Å². The summed E-state index contributed by atoms with van der Waals surface area (Å²) < 4.78 is 0.746. The molecule has 3 aromatic rings. The number of nitrogens with zero attached hydrogens (tertiary/aromatic N) is 3. The van der Waals surface area contributed by atoms with E-state index in [1.54, 1.807) is 30.3 Å². The highest BCUT2D eigenvalue weighted by Gasteiger charge is 2.13. The van der Waals surface area contributed by atoms with Crippen molar-refractivity contribution in [1.82, 2.24) is 5.43 Å². The molecule has 0 bridgehead atoms. The summed E-state index contributed by atoms with van der Waals surface area (Å²) in [4.78, 5) is 33.3. The molecular weight excluding hydrogens is 384 g/mol. The molecule has 10 heteroatoms. The van der Waals surface area contributed by atoms with Crippen molar-refractivity contribution < 1.29 is 14.6 Å². The van der Waals surface area contributed by atoms with E-state index < -0.39 is 15.8 Å². The van der Waals surface area contributed by atoms with Gasteiger partial charge in [-0.05, 0) is 30.4 Å². The van der Waals surface area contributed by atoms with Crippen LogP contribution in [0.15, 0.2) is 59.7 Å². The van der Waals surface area contributed by atoms with Crippen LogP contribution in [0, 0.1) is 20.2 Å². The van der Waals surface area contributed by atoms with Gasteiger partial charge in [-0.2, -0.15) is 5.10 Å².